The minimum absolute atomic E-state index is 0.212. The molecule has 10 heteroatoms. The van der Waals surface area contributed by atoms with Crippen molar-refractivity contribution in [3.63, 3.8) is 0 Å². The minimum Gasteiger partial charge on any atom is -0.361 e. The molecule has 0 spiro atoms. The van der Waals surface area contributed by atoms with Crippen LogP contribution in [0.25, 0.3) is 0 Å². The molecule has 4 rings (SSSR count). The number of halogens is 2. The Morgan fingerprint density at radius 2 is 1.94 bits per heavy atom. The van der Waals surface area contributed by atoms with Gasteiger partial charge in [0.2, 0.25) is 0 Å². The van der Waals surface area contributed by atoms with E-state index in [1.165, 1.54) is 6.20 Å². The van der Waals surface area contributed by atoms with Crippen molar-refractivity contribution in [2.24, 2.45) is 0 Å². The van der Waals surface area contributed by atoms with E-state index in [1.807, 2.05) is 42.8 Å². The highest BCUT2D eigenvalue weighted by molar-refractivity contribution is 9.10. The summed E-state index contributed by atoms with van der Waals surface area (Å²) in [5, 5.41) is 16.2. The number of carbonyl (C=O) groups is 1. The van der Waals surface area contributed by atoms with Gasteiger partial charge in [-0.05, 0) is 38.5 Å². The average molecular weight is 504 g/mol. The normalized spacial score (nSPS) is 11.1. The number of hydrogen-bond acceptors (Lipinski definition) is 5. The van der Waals surface area contributed by atoms with Crippen LogP contribution in [0, 0.1) is 20.8 Å². The molecule has 0 aliphatic rings. The third kappa shape index (κ3) is 4.57. The van der Waals surface area contributed by atoms with Crippen LogP contribution < -0.4 is 5.32 Å². The van der Waals surface area contributed by atoms with Gasteiger partial charge in [0.25, 0.3) is 5.91 Å². The zero-order chi connectivity index (χ0) is 22.1. The summed E-state index contributed by atoms with van der Waals surface area (Å²) in [6.07, 6.45) is 3.22. The predicted octanol–water partition coefficient (Wildman–Crippen LogP) is 4.76. The third-order valence-corrected chi connectivity index (χ3v) is 5.71. The van der Waals surface area contributed by atoms with Crippen molar-refractivity contribution in [1.29, 1.82) is 0 Å². The van der Waals surface area contributed by atoms with E-state index in [1.54, 1.807) is 17.8 Å². The van der Waals surface area contributed by atoms with E-state index in [4.69, 9.17) is 16.1 Å². The van der Waals surface area contributed by atoms with E-state index in [0.29, 0.717) is 35.1 Å². The average Bonchev–Trinajstić information content (AvgIpc) is 3.38. The number of nitrogens with one attached hydrogen (secondary N) is 1. The van der Waals surface area contributed by atoms with Gasteiger partial charge < -0.3 is 9.84 Å². The molecule has 31 heavy (non-hydrogen) atoms. The number of aryl methyl sites for hydroxylation is 2. The van der Waals surface area contributed by atoms with Crippen molar-refractivity contribution in [3.8, 4) is 0 Å². The van der Waals surface area contributed by atoms with E-state index in [-0.39, 0.29) is 11.6 Å². The Morgan fingerprint density at radius 1 is 1.19 bits per heavy atom. The van der Waals surface area contributed by atoms with Crippen LogP contribution in [0.1, 0.15) is 38.8 Å². The molecule has 0 fully saturated rings. The van der Waals surface area contributed by atoms with Gasteiger partial charge in [-0.15, -0.1) is 0 Å². The maximum Gasteiger partial charge on any atom is 0.278 e. The van der Waals surface area contributed by atoms with Gasteiger partial charge in [-0.25, -0.2) is 0 Å². The second kappa shape index (κ2) is 8.68. The van der Waals surface area contributed by atoms with E-state index in [0.717, 1.165) is 21.4 Å². The minimum atomic E-state index is -0.362. The van der Waals surface area contributed by atoms with Crippen LogP contribution in [0.3, 0.4) is 0 Å². The summed E-state index contributed by atoms with van der Waals surface area (Å²) in [6.45, 7) is 6.48. The fourth-order valence-corrected chi connectivity index (χ4v) is 3.73. The second-order valence-electron chi connectivity index (χ2n) is 7.21. The molecule has 1 N–H and O–H groups in total. The summed E-state index contributed by atoms with van der Waals surface area (Å²) in [6, 6.07) is 8.05. The Kier molecular flexibility index (Phi) is 5.97. The number of nitrogens with zero attached hydrogens (tertiary/aromatic N) is 5. The largest absolute Gasteiger partial charge is 0.361 e. The fourth-order valence-electron chi connectivity index (χ4n) is 3.31. The Labute approximate surface area is 192 Å². The first-order chi connectivity index (χ1) is 14.8. The molecule has 0 radical (unpaired) electrons. The van der Waals surface area contributed by atoms with Crippen molar-refractivity contribution in [3.05, 3.63) is 80.1 Å². The summed E-state index contributed by atoms with van der Waals surface area (Å²) in [5.74, 6) is 0.190. The third-order valence-electron chi connectivity index (χ3n) is 4.99. The Balaban J connectivity index is 1.55. The molecule has 3 heterocycles. The van der Waals surface area contributed by atoms with Crippen molar-refractivity contribution >= 4 is 39.1 Å². The topological polar surface area (TPSA) is 90.8 Å². The van der Waals surface area contributed by atoms with E-state index in [2.05, 4.69) is 36.6 Å². The zero-order valence-corrected chi connectivity index (χ0v) is 19.5. The van der Waals surface area contributed by atoms with Crippen molar-refractivity contribution < 1.29 is 9.32 Å². The maximum atomic E-state index is 13.0. The fraction of sp³-hybridized carbons (Fsp3) is 0.238. The summed E-state index contributed by atoms with van der Waals surface area (Å²) in [5.41, 5.74) is 4.21. The lowest BCUT2D eigenvalue weighted by molar-refractivity contribution is 0.101. The molecule has 8 nitrogen and oxygen atoms in total. The van der Waals surface area contributed by atoms with Crippen molar-refractivity contribution in [2.45, 2.75) is 33.9 Å². The highest BCUT2D eigenvalue weighted by atomic mass is 79.9. The number of carbonyl (C=O) groups excluding carboxylic acids is 1. The standard InChI is InChI=1S/C21H20BrClN6O2/c1-12-19(13(2)29(26-12)9-15-4-6-16(22)7-5-15)25-21(30)20-18(14(3)31-27-20)11-28-10-17(23)8-24-28/h4-8,10H,9,11H2,1-3H3,(H,25,30). The zero-order valence-electron chi connectivity index (χ0n) is 17.2. The predicted molar refractivity (Wildman–Crippen MR) is 120 cm³/mol. The molecule has 0 atom stereocenters. The molecule has 0 unspecified atom stereocenters. The summed E-state index contributed by atoms with van der Waals surface area (Å²) in [7, 11) is 0. The number of rotatable bonds is 6. The molecule has 3 aromatic heterocycles. The molecule has 1 aromatic carbocycles. The number of aromatic nitrogens is 5. The lowest BCUT2D eigenvalue weighted by atomic mass is 10.1. The van der Waals surface area contributed by atoms with Gasteiger partial charge in [-0.2, -0.15) is 10.2 Å². The van der Waals surface area contributed by atoms with Crippen LogP contribution in [0.2, 0.25) is 5.02 Å². The van der Waals surface area contributed by atoms with E-state index in [9.17, 15) is 4.79 Å². The molecule has 4 aromatic rings. The first kappa shape index (κ1) is 21.3. The molecule has 0 saturated carbocycles. The Bertz CT molecular complexity index is 1240. The molecule has 0 aliphatic carbocycles. The van der Waals surface area contributed by atoms with Gasteiger partial charge in [0.15, 0.2) is 5.69 Å². The monoisotopic (exact) mass is 502 g/mol. The lowest BCUT2D eigenvalue weighted by Gasteiger charge is -2.08. The smallest absolute Gasteiger partial charge is 0.278 e. The van der Waals surface area contributed by atoms with Gasteiger partial charge in [-0.3, -0.25) is 14.2 Å². The molecule has 160 valence electrons. The van der Waals surface area contributed by atoms with Gasteiger partial charge in [0.1, 0.15) is 5.76 Å². The highest BCUT2D eigenvalue weighted by Gasteiger charge is 2.23. The van der Waals surface area contributed by atoms with Crippen LogP contribution in [0.15, 0.2) is 45.7 Å². The Morgan fingerprint density at radius 3 is 2.61 bits per heavy atom. The molecule has 0 aliphatic heterocycles. The highest BCUT2D eigenvalue weighted by Crippen LogP contribution is 2.23. The van der Waals surface area contributed by atoms with Gasteiger partial charge in [0, 0.05) is 16.2 Å². The van der Waals surface area contributed by atoms with Gasteiger partial charge >= 0.3 is 0 Å². The summed E-state index contributed by atoms with van der Waals surface area (Å²) < 4.78 is 9.80. The summed E-state index contributed by atoms with van der Waals surface area (Å²) in [4.78, 5) is 13.0. The van der Waals surface area contributed by atoms with Crippen LogP contribution in [-0.4, -0.2) is 30.6 Å². The van der Waals surface area contributed by atoms with Crippen molar-refractivity contribution in [1.82, 2.24) is 24.7 Å². The maximum absolute atomic E-state index is 13.0. The molecule has 0 bridgehead atoms. The van der Waals surface area contributed by atoms with E-state index >= 15 is 0 Å². The van der Waals surface area contributed by atoms with Crippen LogP contribution in [-0.2, 0) is 13.1 Å². The second-order valence-corrected chi connectivity index (χ2v) is 8.56. The van der Waals surface area contributed by atoms with Crippen LogP contribution in [0.5, 0.6) is 0 Å². The first-order valence-corrected chi connectivity index (χ1v) is 10.7. The van der Waals surface area contributed by atoms with Crippen LogP contribution in [0.4, 0.5) is 5.69 Å². The number of benzene rings is 1. The molecular formula is C21H20BrClN6O2. The van der Waals surface area contributed by atoms with Gasteiger partial charge in [-0.1, -0.05) is 44.8 Å². The quantitative estimate of drug-likeness (QED) is 0.410. The van der Waals surface area contributed by atoms with E-state index < -0.39 is 0 Å². The Hall–Kier alpha value is -2.91. The van der Waals surface area contributed by atoms with Gasteiger partial charge in [0.05, 0.1) is 41.4 Å². The van der Waals surface area contributed by atoms with Crippen molar-refractivity contribution in [2.75, 3.05) is 5.32 Å². The number of amides is 1. The summed E-state index contributed by atoms with van der Waals surface area (Å²) >= 11 is 9.38. The molecular weight excluding hydrogens is 484 g/mol. The SMILES string of the molecule is Cc1nn(Cc2ccc(Br)cc2)c(C)c1NC(=O)c1noc(C)c1Cn1cc(Cl)cn1. The number of hydrogen-bond donors (Lipinski definition) is 1. The number of anilines is 1. The first-order valence-electron chi connectivity index (χ1n) is 9.54. The van der Waals surface area contributed by atoms with Crippen LogP contribution >= 0.6 is 27.5 Å². The molecule has 0 saturated heterocycles. The lowest BCUT2D eigenvalue weighted by Crippen LogP contribution is -2.17. The molecule has 1 amide bonds.